The fourth-order valence-electron chi connectivity index (χ4n) is 2.38. The van der Waals surface area contributed by atoms with Crippen LogP contribution in [0.15, 0.2) is 0 Å². The second-order valence-corrected chi connectivity index (χ2v) is 6.51. The highest BCUT2D eigenvalue weighted by Gasteiger charge is 2.23. The summed E-state index contributed by atoms with van der Waals surface area (Å²) in [6.07, 6.45) is 5.30. The van der Waals surface area contributed by atoms with Gasteiger partial charge >= 0.3 is 0 Å². The van der Waals surface area contributed by atoms with E-state index in [9.17, 15) is 0 Å². The van der Waals surface area contributed by atoms with Crippen molar-refractivity contribution in [2.75, 3.05) is 18.0 Å². The molecule has 96 valence electrons. The number of aromatic nitrogens is 1. The second-order valence-electron chi connectivity index (χ2n) is 5.53. The molecule has 0 amide bonds. The van der Waals surface area contributed by atoms with Crippen molar-refractivity contribution in [3.05, 3.63) is 10.6 Å². The van der Waals surface area contributed by atoms with Gasteiger partial charge in [0.2, 0.25) is 0 Å². The number of nitrogens with zero attached hydrogens (tertiary/aromatic N) is 2. The molecule has 1 aromatic rings. The van der Waals surface area contributed by atoms with Crippen LogP contribution in [0.1, 0.15) is 50.1 Å². The van der Waals surface area contributed by atoms with Gasteiger partial charge in [-0.2, -0.15) is 0 Å². The lowest BCUT2D eigenvalue weighted by molar-refractivity contribution is 0.562. The van der Waals surface area contributed by atoms with Gasteiger partial charge in [0.1, 0.15) is 0 Å². The zero-order chi connectivity index (χ0) is 12.5. The van der Waals surface area contributed by atoms with Crippen LogP contribution in [0, 0.1) is 6.92 Å². The van der Waals surface area contributed by atoms with Crippen LogP contribution >= 0.6 is 11.3 Å². The Kier molecular flexibility index (Phi) is 3.73. The molecule has 0 radical (unpaired) electrons. The molecular formula is C13H23N3S. The van der Waals surface area contributed by atoms with Crippen molar-refractivity contribution < 1.29 is 0 Å². The van der Waals surface area contributed by atoms with Crippen molar-refractivity contribution in [3.8, 4) is 0 Å². The van der Waals surface area contributed by atoms with Crippen LogP contribution in [0.25, 0.3) is 0 Å². The molecule has 0 aromatic carbocycles. The largest absolute Gasteiger partial charge is 0.348 e. The lowest BCUT2D eigenvalue weighted by atomic mass is 10.0. The van der Waals surface area contributed by atoms with Crippen LogP contribution in [-0.4, -0.2) is 18.1 Å². The minimum absolute atomic E-state index is 0.272. The predicted molar refractivity (Wildman–Crippen MR) is 74.7 cm³/mol. The van der Waals surface area contributed by atoms with Crippen molar-refractivity contribution in [1.29, 1.82) is 0 Å². The van der Waals surface area contributed by atoms with E-state index in [-0.39, 0.29) is 5.54 Å². The molecule has 2 N–H and O–H groups in total. The molecule has 0 spiro atoms. The molecule has 17 heavy (non-hydrogen) atoms. The van der Waals surface area contributed by atoms with Gasteiger partial charge in [-0.25, -0.2) is 4.98 Å². The van der Waals surface area contributed by atoms with Crippen molar-refractivity contribution in [2.45, 2.75) is 52.0 Å². The van der Waals surface area contributed by atoms with Crippen LogP contribution in [0.4, 0.5) is 5.13 Å². The first kappa shape index (κ1) is 12.8. The highest BCUT2D eigenvalue weighted by molar-refractivity contribution is 7.15. The average Bonchev–Trinajstić information content (AvgIpc) is 2.50. The van der Waals surface area contributed by atoms with E-state index in [1.807, 2.05) is 0 Å². The standard InChI is InChI=1S/C13H23N3S/c1-10-11(13(2,3)14)17-12(15-10)16-8-6-4-5-7-9-16/h4-9,14H2,1-3H3. The molecule has 0 saturated carbocycles. The molecule has 1 saturated heterocycles. The van der Waals surface area contributed by atoms with Gasteiger partial charge in [0.25, 0.3) is 0 Å². The molecule has 1 fully saturated rings. The molecule has 1 aromatic heterocycles. The summed E-state index contributed by atoms with van der Waals surface area (Å²) < 4.78 is 0. The van der Waals surface area contributed by atoms with E-state index in [0.29, 0.717) is 0 Å². The van der Waals surface area contributed by atoms with Gasteiger partial charge in [0, 0.05) is 23.5 Å². The Hall–Kier alpha value is -0.610. The van der Waals surface area contributed by atoms with Gasteiger partial charge in [-0.05, 0) is 33.6 Å². The lowest BCUT2D eigenvalue weighted by Gasteiger charge is -2.19. The van der Waals surface area contributed by atoms with Crippen molar-refractivity contribution in [3.63, 3.8) is 0 Å². The Morgan fingerprint density at radius 2 is 1.76 bits per heavy atom. The minimum atomic E-state index is -0.272. The third kappa shape index (κ3) is 2.99. The average molecular weight is 253 g/mol. The fraction of sp³-hybridized carbons (Fsp3) is 0.769. The predicted octanol–water partition coefficient (Wildman–Crippen LogP) is 3.03. The summed E-state index contributed by atoms with van der Waals surface area (Å²) in [7, 11) is 0. The Labute approximate surface area is 108 Å². The number of hydrogen-bond acceptors (Lipinski definition) is 4. The highest BCUT2D eigenvalue weighted by Crippen LogP contribution is 2.33. The van der Waals surface area contributed by atoms with Crippen LogP contribution < -0.4 is 10.6 Å². The number of rotatable bonds is 2. The van der Waals surface area contributed by atoms with Crippen molar-refractivity contribution >= 4 is 16.5 Å². The third-order valence-electron chi connectivity index (χ3n) is 3.25. The molecule has 0 aliphatic carbocycles. The molecule has 4 heteroatoms. The number of nitrogens with two attached hydrogens (primary N) is 1. The smallest absolute Gasteiger partial charge is 0.185 e. The topological polar surface area (TPSA) is 42.2 Å². The minimum Gasteiger partial charge on any atom is -0.348 e. The van der Waals surface area contributed by atoms with Gasteiger partial charge in [-0.1, -0.05) is 24.2 Å². The van der Waals surface area contributed by atoms with E-state index in [2.05, 4.69) is 25.7 Å². The second kappa shape index (κ2) is 4.94. The molecule has 1 aliphatic heterocycles. The molecule has 0 atom stereocenters. The maximum atomic E-state index is 6.18. The maximum Gasteiger partial charge on any atom is 0.185 e. The molecule has 3 nitrogen and oxygen atoms in total. The van der Waals surface area contributed by atoms with Gasteiger partial charge in [-0.3, -0.25) is 0 Å². The zero-order valence-electron chi connectivity index (χ0n) is 11.1. The van der Waals surface area contributed by atoms with Gasteiger partial charge in [0.15, 0.2) is 5.13 Å². The SMILES string of the molecule is Cc1nc(N2CCCCCC2)sc1C(C)(C)N. The highest BCUT2D eigenvalue weighted by atomic mass is 32.1. The Morgan fingerprint density at radius 1 is 1.18 bits per heavy atom. The summed E-state index contributed by atoms with van der Waals surface area (Å²) >= 11 is 1.77. The quantitative estimate of drug-likeness (QED) is 0.881. The molecule has 2 heterocycles. The molecule has 0 unspecified atom stereocenters. The van der Waals surface area contributed by atoms with E-state index in [1.54, 1.807) is 11.3 Å². The first-order chi connectivity index (χ1) is 7.98. The zero-order valence-corrected chi connectivity index (χ0v) is 11.9. The maximum absolute atomic E-state index is 6.18. The molecule has 1 aliphatic rings. The first-order valence-corrected chi connectivity index (χ1v) is 7.32. The molecule has 0 bridgehead atoms. The van der Waals surface area contributed by atoms with E-state index in [1.165, 1.54) is 30.6 Å². The normalized spacial score (nSPS) is 18.2. The number of hydrogen-bond donors (Lipinski definition) is 1. The van der Waals surface area contributed by atoms with E-state index in [4.69, 9.17) is 10.7 Å². The third-order valence-corrected chi connectivity index (χ3v) is 4.80. The Morgan fingerprint density at radius 3 is 2.24 bits per heavy atom. The molecular weight excluding hydrogens is 230 g/mol. The summed E-state index contributed by atoms with van der Waals surface area (Å²) in [5.74, 6) is 0. The Balaban J connectivity index is 2.21. The molecule has 2 rings (SSSR count). The monoisotopic (exact) mass is 253 g/mol. The van der Waals surface area contributed by atoms with E-state index in [0.717, 1.165) is 23.9 Å². The lowest BCUT2D eigenvalue weighted by Crippen LogP contribution is -2.28. The summed E-state index contributed by atoms with van der Waals surface area (Å²) in [5, 5.41) is 1.16. The van der Waals surface area contributed by atoms with E-state index < -0.39 is 0 Å². The number of anilines is 1. The first-order valence-electron chi connectivity index (χ1n) is 6.50. The van der Waals surface area contributed by atoms with Crippen LogP contribution in [0.2, 0.25) is 0 Å². The van der Waals surface area contributed by atoms with E-state index >= 15 is 0 Å². The fourth-order valence-corrected chi connectivity index (χ4v) is 3.51. The van der Waals surface area contributed by atoms with Gasteiger partial charge in [-0.15, -0.1) is 0 Å². The number of aryl methyl sites for hydroxylation is 1. The Bertz CT molecular complexity index is 371. The van der Waals surface area contributed by atoms with Crippen LogP contribution in [0.5, 0.6) is 0 Å². The van der Waals surface area contributed by atoms with Crippen molar-refractivity contribution in [1.82, 2.24) is 4.98 Å². The summed E-state index contributed by atoms with van der Waals surface area (Å²) in [4.78, 5) is 8.36. The number of thiazole rings is 1. The summed E-state index contributed by atoms with van der Waals surface area (Å²) in [6, 6.07) is 0. The van der Waals surface area contributed by atoms with Gasteiger partial charge < -0.3 is 10.6 Å². The van der Waals surface area contributed by atoms with Crippen LogP contribution in [0.3, 0.4) is 0 Å². The van der Waals surface area contributed by atoms with Crippen LogP contribution in [-0.2, 0) is 5.54 Å². The van der Waals surface area contributed by atoms with Gasteiger partial charge in [0.05, 0.1) is 5.69 Å². The van der Waals surface area contributed by atoms with Crippen molar-refractivity contribution in [2.24, 2.45) is 5.73 Å². The summed E-state index contributed by atoms with van der Waals surface area (Å²) in [5.41, 5.74) is 7.01. The summed E-state index contributed by atoms with van der Waals surface area (Å²) in [6.45, 7) is 8.48.